The van der Waals surface area contributed by atoms with Gasteiger partial charge >= 0.3 is 0 Å². The molecule has 4 nitrogen and oxygen atoms in total. The van der Waals surface area contributed by atoms with E-state index in [0.29, 0.717) is 18.0 Å². The number of nitrogen functional groups attached to an aromatic ring is 1. The zero-order chi connectivity index (χ0) is 13.7. The van der Waals surface area contributed by atoms with Gasteiger partial charge in [0.25, 0.3) is 5.88 Å². The Morgan fingerprint density at radius 2 is 2.11 bits per heavy atom. The van der Waals surface area contributed by atoms with Crippen LogP contribution in [0.4, 0.5) is 10.1 Å². The lowest BCUT2D eigenvalue weighted by Crippen LogP contribution is -1.99. The summed E-state index contributed by atoms with van der Waals surface area (Å²) in [6.07, 6.45) is 2.42. The Morgan fingerprint density at radius 3 is 2.84 bits per heavy atom. The van der Waals surface area contributed by atoms with E-state index >= 15 is 0 Å². The van der Waals surface area contributed by atoms with Crippen molar-refractivity contribution in [2.24, 2.45) is 0 Å². The molecule has 0 aliphatic rings. The zero-order valence-corrected chi connectivity index (χ0v) is 10.6. The van der Waals surface area contributed by atoms with Crippen molar-refractivity contribution in [1.29, 1.82) is 0 Å². The molecule has 5 heteroatoms. The Morgan fingerprint density at radius 1 is 1.26 bits per heavy atom. The van der Waals surface area contributed by atoms with E-state index in [9.17, 15) is 4.39 Å². The lowest BCUT2D eigenvalue weighted by atomic mass is 10.3. The predicted molar refractivity (Wildman–Crippen MR) is 70.9 cm³/mol. The third-order valence-corrected chi connectivity index (χ3v) is 2.36. The van der Waals surface area contributed by atoms with Crippen LogP contribution in [0.2, 0.25) is 0 Å². The van der Waals surface area contributed by atoms with E-state index in [1.165, 1.54) is 12.1 Å². The SMILES string of the molecule is CCCOc1cccnc1Oc1ccc(N)cc1F. The van der Waals surface area contributed by atoms with Gasteiger partial charge in [-0.05, 0) is 30.7 Å². The second-order valence-corrected chi connectivity index (χ2v) is 3.95. The molecule has 0 saturated heterocycles. The maximum absolute atomic E-state index is 13.6. The first-order chi connectivity index (χ1) is 9.20. The largest absolute Gasteiger partial charge is 0.488 e. The predicted octanol–water partition coefficient (Wildman–Crippen LogP) is 3.38. The summed E-state index contributed by atoms with van der Waals surface area (Å²) in [7, 11) is 0. The molecule has 0 amide bonds. The van der Waals surface area contributed by atoms with Crippen LogP contribution in [-0.2, 0) is 0 Å². The number of rotatable bonds is 5. The molecule has 1 heterocycles. The van der Waals surface area contributed by atoms with Crippen LogP contribution in [0.5, 0.6) is 17.4 Å². The molecule has 100 valence electrons. The molecule has 0 fully saturated rings. The minimum atomic E-state index is -0.535. The van der Waals surface area contributed by atoms with Crippen molar-refractivity contribution < 1.29 is 13.9 Å². The van der Waals surface area contributed by atoms with Crippen LogP contribution in [0, 0.1) is 5.82 Å². The number of hydrogen-bond acceptors (Lipinski definition) is 4. The number of nitrogens with zero attached hydrogens (tertiary/aromatic N) is 1. The highest BCUT2D eigenvalue weighted by atomic mass is 19.1. The number of halogens is 1. The third kappa shape index (κ3) is 3.34. The van der Waals surface area contributed by atoms with Crippen molar-refractivity contribution >= 4 is 5.69 Å². The quantitative estimate of drug-likeness (QED) is 0.839. The van der Waals surface area contributed by atoms with E-state index in [1.54, 1.807) is 24.4 Å². The molecule has 0 unspecified atom stereocenters. The van der Waals surface area contributed by atoms with Crippen molar-refractivity contribution in [2.75, 3.05) is 12.3 Å². The summed E-state index contributed by atoms with van der Waals surface area (Å²) in [5.41, 5.74) is 5.82. The number of pyridine rings is 1. The van der Waals surface area contributed by atoms with Crippen LogP contribution in [0.15, 0.2) is 36.5 Å². The standard InChI is InChI=1S/C14H15FN2O2/c1-2-8-18-13-4-3-7-17-14(13)19-12-6-5-10(16)9-11(12)15/h3-7,9H,2,8,16H2,1H3. The Bertz CT molecular complexity index is 561. The molecule has 19 heavy (non-hydrogen) atoms. The van der Waals surface area contributed by atoms with Crippen LogP contribution >= 0.6 is 0 Å². The van der Waals surface area contributed by atoms with Gasteiger partial charge in [-0.15, -0.1) is 0 Å². The molecule has 1 aromatic heterocycles. The van der Waals surface area contributed by atoms with Gasteiger partial charge < -0.3 is 15.2 Å². The molecule has 0 spiro atoms. The molecule has 2 aromatic rings. The summed E-state index contributed by atoms with van der Waals surface area (Å²) < 4.78 is 24.6. The molecule has 0 saturated carbocycles. The van der Waals surface area contributed by atoms with E-state index in [-0.39, 0.29) is 11.6 Å². The number of anilines is 1. The van der Waals surface area contributed by atoms with Crippen LogP contribution < -0.4 is 15.2 Å². The van der Waals surface area contributed by atoms with Crippen LogP contribution in [0.3, 0.4) is 0 Å². The summed E-state index contributed by atoms with van der Waals surface area (Å²) in [6.45, 7) is 2.54. The molecule has 0 aliphatic heterocycles. The van der Waals surface area contributed by atoms with Gasteiger partial charge in [0.05, 0.1) is 6.61 Å². The monoisotopic (exact) mass is 262 g/mol. The lowest BCUT2D eigenvalue weighted by Gasteiger charge is -2.11. The molecular formula is C14H15FN2O2. The second kappa shape index (κ2) is 6.04. The molecule has 2 rings (SSSR count). The number of nitrogens with two attached hydrogens (primary N) is 1. The van der Waals surface area contributed by atoms with Gasteiger partial charge in [0.1, 0.15) is 0 Å². The van der Waals surface area contributed by atoms with Crippen LogP contribution in [-0.4, -0.2) is 11.6 Å². The van der Waals surface area contributed by atoms with Gasteiger partial charge in [-0.3, -0.25) is 0 Å². The average Bonchev–Trinajstić information content (AvgIpc) is 2.41. The Hall–Kier alpha value is -2.30. The van der Waals surface area contributed by atoms with E-state index in [0.717, 1.165) is 6.42 Å². The fourth-order valence-corrected chi connectivity index (χ4v) is 1.48. The molecule has 0 bridgehead atoms. The van der Waals surface area contributed by atoms with Crippen molar-refractivity contribution in [3.63, 3.8) is 0 Å². The lowest BCUT2D eigenvalue weighted by molar-refractivity contribution is 0.296. The molecule has 1 aromatic carbocycles. The van der Waals surface area contributed by atoms with Crippen molar-refractivity contribution in [3.05, 3.63) is 42.3 Å². The highest BCUT2D eigenvalue weighted by molar-refractivity contribution is 5.45. The maximum atomic E-state index is 13.6. The van der Waals surface area contributed by atoms with E-state index < -0.39 is 5.82 Å². The highest BCUT2D eigenvalue weighted by Gasteiger charge is 2.10. The van der Waals surface area contributed by atoms with E-state index in [1.807, 2.05) is 6.92 Å². The maximum Gasteiger partial charge on any atom is 0.262 e. The van der Waals surface area contributed by atoms with Gasteiger partial charge in [0, 0.05) is 18.0 Å². The third-order valence-electron chi connectivity index (χ3n) is 2.36. The number of ether oxygens (including phenoxy) is 2. The first kappa shape index (κ1) is 13.1. The average molecular weight is 262 g/mol. The van der Waals surface area contributed by atoms with Crippen molar-refractivity contribution in [1.82, 2.24) is 4.98 Å². The topological polar surface area (TPSA) is 57.4 Å². The number of hydrogen-bond donors (Lipinski definition) is 1. The van der Waals surface area contributed by atoms with Gasteiger partial charge in [0.2, 0.25) is 0 Å². The summed E-state index contributed by atoms with van der Waals surface area (Å²) in [5.74, 6) is 0.251. The number of aromatic nitrogens is 1. The normalized spacial score (nSPS) is 10.2. The van der Waals surface area contributed by atoms with Gasteiger partial charge in [-0.2, -0.15) is 0 Å². The number of benzene rings is 1. The highest BCUT2D eigenvalue weighted by Crippen LogP contribution is 2.31. The van der Waals surface area contributed by atoms with Gasteiger partial charge in [-0.1, -0.05) is 6.92 Å². The van der Waals surface area contributed by atoms with Crippen LogP contribution in [0.25, 0.3) is 0 Å². The summed E-state index contributed by atoms with van der Waals surface area (Å²) >= 11 is 0. The van der Waals surface area contributed by atoms with E-state index in [4.69, 9.17) is 15.2 Å². The fraction of sp³-hybridized carbons (Fsp3) is 0.214. The van der Waals surface area contributed by atoms with Gasteiger partial charge in [0.15, 0.2) is 17.3 Å². The smallest absolute Gasteiger partial charge is 0.262 e. The Balaban J connectivity index is 2.22. The van der Waals surface area contributed by atoms with Crippen molar-refractivity contribution in [3.8, 4) is 17.4 Å². The first-order valence-corrected chi connectivity index (χ1v) is 6.01. The first-order valence-electron chi connectivity index (χ1n) is 6.01. The molecule has 0 aliphatic carbocycles. The fourth-order valence-electron chi connectivity index (χ4n) is 1.48. The summed E-state index contributed by atoms with van der Waals surface area (Å²) in [6, 6.07) is 7.69. The minimum absolute atomic E-state index is 0.0641. The van der Waals surface area contributed by atoms with Crippen molar-refractivity contribution in [2.45, 2.75) is 13.3 Å². The molecule has 0 radical (unpaired) electrons. The summed E-state index contributed by atoms with van der Waals surface area (Å²) in [5, 5.41) is 0. The minimum Gasteiger partial charge on any atom is -0.488 e. The van der Waals surface area contributed by atoms with Crippen LogP contribution in [0.1, 0.15) is 13.3 Å². The Labute approximate surface area is 111 Å². The summed E-state index contributed by atoms with van der Waals surface area (Å²) in [4.78, 5) is 4.05. The Kier molecular flexibility index (Phi) is 4.18. The molecular weight excluding hydrogens is 247 g/mol. The zero-order valence-electron chi connectivity index (χ0n) is 10.6. The van der Waals surface area contributed by atoms with E-state index in [2.05, 4.69) is 4.98 Å². The molecule has 2 N–H and O–H groups in total. The second-order valence-electron chi connectivity index (χ2n) is 3.95. The van der Waals surface area contributed by atoms with Gasteiger partial charge in [-0.25, -0.2) is 9.37 Å². The molecule has 0 atom stereocenters.